The zero-order valence-electron chi connectivity index (χ0n) is 13.4. The average molecular weight is 326 g/mol. The van der Waals surface area contributed by atoms with E-state index in [0.717, 1.165) is 25.9 Å². The van der Waals surface area contributed by atoms with Crippen LogP contribution < -0.4 is 4.74 Å². The molecule has 1 aromatic heterocycles. The van der Waals surface area contributed by atoms with Gasteiger partial charge < -0.3 is 4.74 Å². The van der Waals surface area contributed by atoms with E-state index in [2.05, 4.69) is 14.9 Å². The SMILES string of the molecule is N#Cc1ccc(CN2CCCC(COc3cnccn3)C2)c(F)c1. The predicted molar refractivity (Wildman–Crippen MR) is 86.6 cm³/mol. The van der Waals surface area contributed by atoms with Gasteiger partial charge in [0, 0.05) is 37.0 Å². The summed E-state index contributed by atoms with van der Waals surface area (Å²) in [4.78, 5) is 10.3. The summed E-state index contributed by atoms with van der Waals surface area (Å²) in [6.45, 7) is 2.95. The van der Waals surface area contributed by atoms with E-state index in [4.69, 9.17) is 10.00 Å². The summed E-state index contributed by atoms with van der Waals surface area (Å²) in [5, 5.41) is 8.81. The summed E-state index contributed by atoms with van der Waals surface area (Å²) in [5.41, 5.74) is 0.981. The second-order valence-electron chi connectivity index (χ2n) is 6.02. The Labute approximate surface area is 140 Å². The molecule has 1 saturated heterocycles. The van der Waals surface area contributed by atoms with E-state index in [9.17, 15) is 4.39 Å². The van der Waals surface area contributed by atoms with Crippen molar-refractivity contribution in [2.45, 2.75) is 19.4 Å². The van der Waals surface area contributed by atoms with Crippen LogP contribution in [-0.4, -0.2) is 34.6 Å². The Hall–Kier alpha value is -2.52. The van der Waals surface area contributed by atoms with E-state index in [1.807, 2.05) is 6.07 Å². The third kappa shape index (κ3) is 4.27. The van der Waals surface area contributed by atoms with Gasteiger partial charge in [-0.15, -0.1) is 0 Å². The van der Waals surface area contributed by atoms with E-state index < -0.39 is 0 Å². The average Bonchev–Trinajstić information content (AvgIpc) is 2.63. The highest BCUT2D eigenvalue weighted by Crippen LogP contribution is 2.21. The van der Waals surface area contributed by atoms with Gasteiger partial charge in [0.1, 0.15) is 5.82 Å². The van der Waals surface area contributed by atoms with Crippen LogP contribution in [0.15, 0.2) is 36.8 Å². The number of nitrogens with zero attached hydrogens (tertiary/aromatic N) is 4. The van der Waals surface area contributed by atoms with Gasteiger partial charge in [0.2, 0.25) is 5.88 Å². The van der Waals surface area contributed by atoms with Gasteiger partial charge in [0.05, 0.1) is 24.4 Å². The van der Waals surface area contributed by atoms with Crippen molar-refractivity contribution in [1.82, 2.24) is 14.9 Å². The van der Waals surface area contributed by atoms with Gasteiger partial charge in [-0.2, -0.15) is 5.26 Å². The van der Waals surface area contributed by atoms with Crippen molar-refractivity contribution in [2.75, 3.05) is 19.7 Å². The molecule has 0 saturated carbocycles. The third-order valence-electron chi connectivity index (χ3n) is 4.19. The summed E-state index contributed by atoms with van der Waals surface area (Å²) >= 11 is 0. The standard InChI is InChI=1S/C18H19FN4O/c19-17-8-14(9-20)3-4-16(17)12-23-7-1-2-15(11-23)13-24-18-10-21-5-6-22-18/h3-6,8,10,15H,1-2,7,11-13H2. The third-order valence-corrected chi connectivity index (χ3v) is 4.19. The van der Waals surface area contributed by atoms with E-state index in [1.54, 1.807) is 30.7 Å². The summed E-state index contributed by atoms with van der Waals surface area (Å²) in [7, 11) is 0. The first-order valence-corrected chi connectivity index (χ1v) is 8.04. The highest BCUT2D eigenvalue weighted by Gasteiger charge is 2.21. The smallest absolute Gasteiger partial charge is 0.232 e. The molecule has 1 aliphatic rings. The van der Waals surface area contributed by atoms with Crippen LogP contribution in [0.5, 0.6) is 5.88 Å². The summed E-state index contributed by atoms with van der Waals surface area (Å²) in [6.07, 6.45) is 6.98. The van der Waals surface area contributed by atoms with Gasteiger partial charge in [-0.3, -0.25) is 9.88 Å². The molecule has 6 heteroatoms. The van der Waals surface area contributed by atoms with Crippen molar-refractivity contribution in [2.24, 2.45) is 5.92 Å². The molecule has 1 aliphatic heterocycles. The molecule has 1 atom stereocenters. The van der Waals surface area contributed by atoms with Gasteiger partial charge in [-0.1, -0.05) is 6.07 Å². The van der Waals surface area contributed by atoms with Crippen LogP contribution in [0.1, 0.15) is 24.0 Å². The van der Waals surface area contributed by atoms with Gasteiger partial charge >= 0.3 is 0 Å². The van der Waals surface area contributed by atoms with E-state index >= 15 is 0 Å². The lowest BCUT2D eigenvalue weighted by Gasteiger charge is -2.32. The molecule has 0 amide bonds. The fraction of sp³-hybridized carbons (Fsp3) is 0.389. The van der Waals surface area contributed by atoms with E-state index in [1.165, 1.54) is 6.07 Å². The van der Waals surface area contributed by atoms with Crippen molar-refractivity contribution in [3.8, 4) is 11.9 Å². The lowest BCUT2D eigenvalue weighted by Crippen LogP contribution is -2.37. The van der Waals surface area contributed by atoms with Crippen LogP contribution in [0.25, 0.3) is 0 Å². The number of ether oxygens (including phenoxy) is 1. The second kappa shape index (κ2) is 7.84. The molecule has 0 aliphatic carbocycles. The Kier molecular flexibility index (Phi) is 5.34. The van der Waals surface area contributed by atoms with Crippen molar-refractivity contribution in [3.63, 3.8) is 0 Å². The van der Waals surface area contributed by atoms with Crippen LogP contribution >= 0.6 is 0 Å². The zero-order valence-corrected chi connectivity index (χ0v) is 13.4. The second-order valence-corrected chi connectivity index (χ2v) is 6.02. The minimum Gasteiger partial charge on any atom is -0.476 e. The Bertz CT molecular complexity index is 717. The number of benzene rings is 1. The normalized spacial score (nSPS) is 18.1. The van der Waals surface area contributed by atoms with Gasteiger partial charge in [0.25, 0.3) is 0 Å². The lowest BCUT2D eigenvalue weighted by atomic mass is 9.98. The largest absolute Gasteiger partial charge is 0.476 e. The topological polar surface area (TPSA) is 62.0 Å². The van der Waals surface area contributed by atoms with Crippen LogP contribution in [0, 0.1) is 23.1 Å². The van der Waals surface area contributed by atoms with Crippen molar-refractivity contribution >= 4 is 0 Å². The summed E-state index contributed by atoms with van der Waals surface area (Å²) < 4.78 is 19.7. The van der Waals surface area contributed by atoms with Crippen LogP contribution in [0.3, 0.4) is 0 Å². The maximum Gasteiger partial charge on any atom is 0.232 e. The first-order valence-electron chi connectivity index (χ1n) is 8.04. The number of halogens is 1. The quantitative estimate of drug-likeness (QED) is 0.845. The lowest BCUT2D eigenvalue weighted by molar-refractivity contribution is 0.122. The summed E-state index contributed by atoms with van der Waals surface area (Å²) in [6, 6.07) is 6.62. The number of rotatable bonds is 5. The van der Waals surface area contributed by atoms with Crippen molar-refractivity contribution < 1.29 is 9.13 Å². The Balaban J connectivity index is 1.55. The number of aromatic nitrogens is 2. The number of hydrogen-bond donors (Lipinski definition) is 0. The monoisotopic (exact) mass is 326 g/mol. The summed E-state index contributed by atoms with van der Waals surface area (Å²) in [5.74, 6) is 0.613. The molecule has 124 valence electrons. The first-order chi connectivity index (χ1) is 11.7. The molecule has 0 spiro atoms. The highest BCUT2D eigenvalue weighted by molar-refractivity contribution is 5.32. The van der Waals surface area contributed by atoms with Gasteiger partial charge in [-0.05, 0) is 31.5 Å². The fourth-order valence-corrected chi connectivity index (χ4v) is 2.98. The molecular formula is C18H19FN4O. The van der Waals surface area contributed by atoms with Gasteiger partial charge in [0.15, 0.2) is 0 Å². The molecule has 3 rings (SSSR count). The van der Waals surface area contributed by atoms with Crippen LogP contribution in [0.2, 0.25) is 0 Å². The van der Waals surface area contributed by atoms with Crippen molar-refractivity contribution in [1.29, 1.82) is 5.26 Å². The molecule has 2 aromatic rings. The molecule has 5 nitrogen and oxygen atoms in total. The Morgan fingerprint density at radius 1 is 1.38 bits per heavy atom. The number of likely N-dealkylation sites (tertiary alicyclic amines) is 1. The molecule has 1 aromatic carbocycles. The molecule has 0 N–H and O–H groups in total. The Morgan fingerprint density at radius 2 is 2.29 bits per heavy atom. The molecular weight excluding hydrogens is 307 g/mol. The minimum absolute atomic E-state index is 0.313. The van der Waals surface area contributed by atoms with Crippen molar-refractivity contribution in [3.05, 3.63) is 53.7 Å². The minimum atomic E-state index is -0.313. The zero-order chi connectivity index (χ0) is 16.8. The number of nitriles is 1. The van der Waals surface area contributed by atoms with Crippen LogP contribution in [0.4, 0.5) is 4.39 Å². The molecule has 0 radical (unpaired) electrons. The van der Waals surface area contributed by atoms with Gasteiger partial charge in [-0.25, -0.2) is 9.37 Å². The maximum absolute atomic E-state index is 14.0. The predicted octanol–water partition coefficient (Wildman–Crippen LogP) is 2.78. The first kappa shape index (κ1) is 16.3. The molecule has 1 fully saturated rings. The van der Waals surface area contributed by atoms with E-state index in [0.29, 0.717) is 36.1 Å². The fourth-order valence-electron chi connectivity index (χ4n) is 2.98. The highest BCUT2D eigenvalue weighted by atomic mass is 19.1. The molecule has 2 heterocycles. The molecule has 0 bridgehead atoms. The number of piperidine rings is 1. The molecule has 24 heavy (non-hydrogen) atoms. The molecule has 1 unspecified atom stereocenters. The van der Waals surface area contributed by atoms with Crippen LogP contribution in [-0.2, 0) is 6.54 Å². The van der Waals surface area contributed by atoms with E-state index in [-0.39, 0.29) is 5.82 Å². The maximum atomic E-state index is 14.0. The Morgan fingerprint density at radius 3 is 3.04 bits per heavy atom. The number of hydrogen-bond acceptors (Lipinski definition) is 5.